The first-order valence-electron chi connectivity index (χ1n) is 9.78. The van der Waals surface area contributed by atoms with Gasteiger partial charge < -0.3 is 5.32 Å². The molecule has 138 valence electrons. The number of hydrogen-bond acceptors (Lipinski definition) is 1. The topological polar surface area (TPSA) is 12.0 Å². The predicted molar refractivity (Wildman–Crippen MR) is 119 cm³/mol. The van der Waals surface area contributed by atoms with Crippen LogP contribution in [0.15, 0.2) is 78.9 Å². The van der Waals surface area contributed by atoms with Crippen LogP contribution >= 0.6 is 0 Å². The molecule has 0 aliphatic heterocycles. The van der Waals surface area contributed by atoms with Gasteiger partial charge in [-0.3, -0.25) is 0 Å². The maximum absolute atomic E-state index is 3.80. The number of anilines is 1. The smallest absolute Gasteiger partial charge is 0.0463 e. The van der Waals surface area contributed by atoms with Crippen molar-refractivity contribution in [2.75, 3.05) is 5.32 Å². The van der Waals surface area contributed by atoms with Crippen molar-refractivity contribution >= 4 is 17.5 Å². The van der Waals surface area contributed by atoms with E-state index in [1.165, 1.54) is 27.9 Å². The van der Waals surface area contributed by atoms with Crippen LogP contribution in [0.4, 0.5) is 5.69 Å². The molecule has 0 radical (unpaired) electrons. The van der Waals surface area contributed by atoms with Crippen LogP contribution in [-0.4, -0.2) is 0 Å². The highest BCUT2D eigenvalue weighted by Gasteiger charge is 2.15. The van der Waals surface area contributed by atoms with Crippen LogP contribution < -0.4 is 5.32 Å². The highest BCUT2D eigenvalue weighted by molar-refractivity contribution is 5.89. The molecule has 0 heterocycles. The quantitative estimate of drug-likeness (QED) is 0.450. The van der Waals surface area contributed by atoms with E-state index in [0.717, 1.165) is 5.70 Å². The van der Waals surface area contributed by atoms with E-state index in [-0.39, 0.29) is 0 Å². The maximum Gasteiger partial charge on any atom is 0.0463 e. The Balaban J connectivity index is 2.12. The van der Waals surface area contributed by atoms with Crippen molar-refractivity contribution in [1.29, 1.82) is 0 Å². The van der Waals surface area contributed by atoms with Gasteiger partial charge in [0.05, 0.1) is 0 Å². The van der Waals surface area contributed by atoms with Crippen LogP contribution in [0.1, 0.15) is 61.8 Å². The largest absolute Gasteiger partial charge is 0.355 e. The first-order chi connectivity index (χ1) is 13.1. The fourth-order valence-electron chi connectivity index (χ4n) is 3.36. The average molecular weight is 356 g/mol. The van der Waals surface area contributed by atoms with Gasteiger partial charge in [0.15, 0.2) is 0 Å². The zero-order valence-electron chi connectivity index (χ0n) is 16.7. The first-order valence-corrected chi connectivity index (χ1v) is 9.78. The second kappa shape index (κ2) is 8.73. The highest BCUT2D eigenvalue weighted by Crippen LogP contribution is 2.35. The molecule has 0 bridgehead atoms. The van der Waals surface area contributed by atoms with Crippen LogP contribution in [0, 0.1) is 0 Å². The van der Waals surface area contributed by atoms with Gasteiger partial charge in [-0.2, -0.15) is 0 Å². The van der Waals surface area contributed by atoms with E-state index in [2.05, 4.69) is 118 Å². The molecule has 3 rings (SSSR count). The Morgan fingerprint density at radius 2 is 1.19 bits per heavy atom. The van der Waals surface area contributed by atoms with E-state index in [1.807, 2.05) is 0 Å². The Labute approximate surface area is 163 Å². The Bertz CT molecular complexity index is 864. The third-order valence-electron chi connectivity index (χ3n) is 4.83. The molecule has 0 spiro atoms. The van der Waals surface area contributed by atoms with Crippen molar-refractivity contribution in [2.24, 2.45) is 0 Å². The molecule has 0 saturated carbocycles. The van der Waals surface area contributed by atoms with Gasteiger partial charge in [0.1, 0.15) is 0 Å². The standard InChI is InChI=1S/C26H29N/c1-19(2)23-16-11-17-24(20(3)4)26(23)27-25(22-14-9-6-10-15-22)18-21-12-7-5-8-13-21/h5-20,27H,1-4H3/b25-18+. The van der Waals surface area contributed by atoms with Gasteiger partial charge in [-0.05, 0) is 40.2 Å². The monoisotopic (exact) mass is 355 g/mol. The average Bonchev–Trinajstić information content (AvgIpc) is 2.68. The van der Waals surface area contributed by atoms with Crippen molar-refractivity contribution < 1.29 is 0 Å². The number of nitrogens with one attached hydrogen (secondary N) is 1. The number of para-hydroxylation sites is 1. The summed E-state index contributed by atoms with van der Waals surface area (Å²) >= 11 is 0. The van der Waals surface area contributed by atoms with Gasteiger partial charge in [0.2, 0.25) is 0 Å². The second-order valence-electron chi connectivity index (χ2n) is 7.58. The normalized spacial score (nSPS) is 11.9. The van der Waals surface area contributed by atoms with Crippen LogP contribution in [0.25, 0.3) is 11.8 Å². The molecule has 0 aromatic heterocycles. The number of hydrogen-bond donors (Lipinski definition) is 1. The van der Waals surface area contributed by atoms with Crippen LogP contribution in [0.2, 0.25) is 0 Å². The summed E-state index contributed by atoms with van der Waals surface area (Å²) < 4.78 is 0. The van der Waals surface area contributed by atoms with Crippen molar-refractivity contribution in [2.45, 2.75) is 39.5 Å². The molecule has 3 aromatic carbocycles. The molecule has 0 atom stereocenters. The Kier molecular flexibility index (Phi) is 6.13. The third kappa shape index (κ3) is 4.68. The van der Waals surface area contributed by atoms with E-state index in [4.69, 9.17) is 0 Å². The van der Waals surface area contributed by atoms with Crippen molar-refractivity contribution in [3.05, 3.63) is 101 Å². The molecule has 1 heteroatoms. The van der Waals surface area contributed by atoms with Crippen molar-refractivity contribution in [3.8, 4) is 0 Å². The fraction of sp³-hybridized carbons (Fsp3) is 0.231. The van der Waals surface area contributed by atoms with Gasteiger partial charge in [-0.15, -0.1) is 0 Å². The molecule has 1 N–H and O–H groups in total. The lowest BCUT2D eigenvalue weighted by Gasteiger charge is -2.22. The number of benzene rings is 3. The summed E-state index contributed by atoms with van der Waals surface area (Å²) in [5.41, 5.74) is 7.46. The van der Waals surface area contributed by atoms with E-state index in [1.54, 1.807) is 0 Å². The van der Waals surface area contributed by atoms with Crippen molar-refractivity contribution in [1.82, 2.24) is 0 Å². The Morgan fingerprint density at radius 3 is 1.70 bits per heavy atom. The molecular formula is C26H29N. The molecule has 3 aromatic rings. The Hall–Kier alpha value is -2.80. The lowest BCUT2D eigenvalue weighted by atomic mass is 9.92. The highest BCUT2D eigenvalue weighted by atomic mass is 14.9. The zero-order chi connectivity index (χ0) is 19.2. The molecule has 0 amide bonds. The van der Waals surface area contributed by atoms with Gasteiger partial charge in [0, 0.05) is 11.4 Å². The summed E-state index contributed by atoms with van der Waals surface area (Å²) in [5.74, 6) is 0.917. The van der Waals surface area contributed by atoms with E-state index in [0.29, 0.717) is 11.8 Å². The maximum atomic E-state index is 3.80. The van der Waals surface area contributed by atoms with Gasteiger partial charge in [-0.1, -0.05) is 107 Å². The van der Waals surface area contributed by atoms with Crippen LogP contribution in [0.5, 0.6) is 0 Å². The van der Waals surface area contributed by atoms with Crippen molar-refractivity contribution in [3.63, 3.8) is 0 Å². The molecule has 0 aliphatic carbocycles. The van der Waals surface area contributed by atoms with Gasteiger partial charge >= 0.3 is 0 Å². The van der Waals surface area contributed by atoms with E-state index < -0.39 is 0 Å². The first kappa shape index (κ1) is 19.0. The molecule has 27 heavy (non-hydrogen) atoms. The van der Waals surface area contributed by atoms with Crippen LogP contribution in [0.3, 0.4) is 0 Å². The minimum Gasteiger partial charge on any atom is -0.355 e. The third-order valence-corrected chi connectivity index (χ3v) is 4.83. The van der Waals surface area contributed by atoms with E-state index in [9.17, 15) is 0 Å². The summed E-state index contributed by atoms with van der Waals surface area (Å²) in [5, 5.41) is 3.80. The van der Waals surface area contributed by atoms with Gasteiger partial charge in [0.25, 0.3) is 0 Å². The lowest BCUT2D eigenvalue weighted by molar-refractivity contribution is 0.838. The summed E-state index contributed by atoms with van der Waals surface area (Å²) in [4.78, 5) is 0. The molecular weight excluding hydrogens is 326 g/mol. The fourth-order valence-corrected chi connectivity index (χ4v) is 3.36. The zero-order valence-corrected chi connectivity index (χ0v) is 16.7. The van der Waals surface area contributed by atoms with E-state index >= 15 is 0 Å². The molecule has 0 aliphatic rings. The SMILES string of the molecule is CC(C)c1cccc(C(C)C)c1N/C(=C/c1ccccc1)c1ccccc1. The Morgan fingerprint density at radius 1 is 0.667 bits per heavy atom. The molecule has 1 nitrogen and oxygen atoms in total. The lowest BCUT2D eigenvalue weighted by Crippen LogP contribution is -2.07. The molecule has 0 saturated heterocycles. The summed E-state index contributed by atoms with van der Waals surface area (Å²) in [6.07, 6.45) is 2.23. The molecule has 0 fully saturated rings. The molecule has 0 unspecified atom stereocenters. The summed E-state index contributed by atoms with van der Waals surface area (Å²) in [6.45, 7) is 9.03. The van der Waals surface area contributed by atoms with Gasteiger partial charge in [-0.25, -0.2) is 0 Å². The predicted octanol–water partition coefficient (Wildman–Crippen LogP) is 7.54. The second-order valence-corrected chi connectivity index (χ2v) is 7.58. The minimum atomic E-state index is 0.458. The summed E-state index contributed by atoms with van der Waals surface area (Å²) in [6, 6.07) is 27.7. The summed E-state index contributed by atoms with van der Waals surface area (Å²) in [7, 11) is 0. The van der Waals surface area contributed by atoms with Crippen LogP contribution in [-0.2, 0) is 0 Å². The number of rotatable bonds is 6. The minimum absolute atomic E-state index is 0.458.